The highest BCUT2D eigenvalue weighted by atomic mass is 15.1. The van der Waals surface area contributed by atoms with Crippen LogP contribution in [0.4, 0.5) is 0 Å². The van der Waals surface area contributed by atoms with Crippen molar-refractivity contribution in [3.8, 4) is 0 Å². The molecular formula is C14H26N4. The number of hydrogen-bond acceptors (Lipinski definition) is 4. The Hall–Kier alpha value is -0.970. The highest BCUT2D eigenvalue weighted by molar-refractivity contribution is 5.07. The summed E-state index contributed by atoms with van der Waals surface area (Å²) in [6.07, 6.45) is 4.95. The Morgan fingerprint density at radius 2 is 2.00 bits per heavy atom. The molecule has 0 aliphatic rings. The Labute approximate surface area is 111 Å². The van der Waals surface area contributed by atoms with Gasteiger partial charge in [-0.05, 0) is 52.3 Å². The number of likely N-dealkylation sites (N-methyl/N-ethyl adjacent to an activating group) is 1. The minimum Gasteiger partial charge on any atom is -0.315 e. The molecule has 18 heavy (non-hydrogen) atoms. The van der Waals surface area contributed by atoms with Gasteiger partial charge in [-0.3, -0.25) is 4.98 Å². The lowest BCUT2D eigenvalue weighted by Gasteiger charge is -2.17. The van der Waals surface area contributed by atoms with Crippen LogP contribution in [0.1, 0.15) is 12.0 Å². The first kappa shape index (κ1) is 15.1. The van der Waals surface area contributed by atoms with E-state index in [1.54, 1.807) is 0 Å². The van der Waals surface area contributed by atoms with E-state index in [1.807, 2.05) is 18.5 Å². The molecule has 1 aromatic heterocycles. The van der Waals surface area contributed by atoms with Crippen molar-refractivity contribution in [2.24, 2.45) is 0 Å². The zero-order valence-corrected chi connectivity index (χ0v) is 11.9. The molecule has 0 unspecified atom stereocenters. The van der Waals surface area contributed by atoms with Crippen LogP contribution in [0.5, 0.6) is 0 Å². The van der Waals surface area contributed by atoms with Crippen LogP contribution in [-0.4, -0.2) is 62.1 Å². The van der Waals surface area contributed by atoms with Crippen molar-refractivity contribution in [3.63, 3.8) is 0 Å². The van der Waals surface area contributed by atoms with E-state index in [1.165, 1.54) is 12.0 Å². The van der Waals surface area contributed by atoms with Gasteiger partial charge in [0.05, 0.1) is 0 Å². The van der Waals surface area contributed by atoms with E-state index >= 15 is 0 Å². The fraction of sp³-hybridized carbons (Fsp3) is 0.643. The Morgan fingerprint density at radius 1 is 1.17 bits per heavy atom. The smallest absolute Gasteiger partial charge is 0.0312 e. The molecular weight excluding hydrogens is 224 g/mol. The molecule has 0 aliphatic carbocycles. The van der Waals surface area contributed by atoms with Crippen LogP contribution in [-0.2, 0) is 6.54 Å². The van der Waals surface area contributed by atoms with Gasteiger partial charge in [0.15, 0.2) is 0 Å². The van der Waals surface area contributed by atoms with Crippen LogP contribution in [0, 0.1) is 0 Å². The summed E-state index contributed by atoms with van der Waals surface area (Å²) >= 11 is 0. The number of aromatic nitrogens is 1. The van der Waals surface area contributed by atoms with Gasteiger partial charge in [-0.2, -0.15) is 0 Å². The normalized spacial score (nSPS) is 11.4. The molecule has 0 radical (unpaired) electrons. The van der Waals surface area contributed by atoms with Crippen molar-refractivity contribution in [1.82, 2.24) is 20.1 Å². The first-order chi connectivity index (χ1) is 8.68. The van der Waals surface area contributed by atoms with Crippen LogP contribution in [0.15, 0.2) is 24.5 Å². The molecule has 1 rings (SSSR count). The second-order valence-electron chi connectivity index (χ2n) is 5.01. The predicted molar refractivity (Wildman–Crippen MR) is 76.6 cm³/mol. The van der Waals surface area contributed by atoms with Crippen molar-refractivity contribution in [2.45, 2.75) is 13.0 Å². The standard InChI is InChI=1S/C14H26N4/c1-17(2)10-5-8-15-9-11-18(3)13-14-6-4-7-16-12-14/h4,6-7,12,15H,5,8-11,13H2,1-3H3. The molecule has 0 amide bonds. The third kappa shape index (κ3) is 7.37. The summed E-state index contributed by atoms with van der Waals surface area (Å²) in [5.41, 5.74) is 1.27. The van der Waals surface area contributed by atoms with E-state index in [4.69, 9.17) is 0 Å². The first-order valence-electron chi connectivity index (χ1n) is 6.61. The minimum atomic E-state index is 0.965. The summed E-state index contributed by atoms with van der Waals surface area (Å²) in [7, 11) is 6.37. The molecule has 1 aromatic rings. The lowest BCUT2D eigenvalue weighted by molar-refractivity contribution is 0.321. The third-order valence-electron chi connectivity index (χ3n) is 2.80. The van der Waals surface area contributed by atoms with Crippen molar-refractivity contribution < 1.29 is 0 Å². The molecule has 0 fully saturated rings. The zero-order chi connectivity index (χ0) is 13.2. The maximum absolute atomic E-state index is 4.13. The van der Waals surface area contributed by atoms with Gasteiger partial charge in [-0.15, -0.1) is 0 Å². The van der Waals surface area contributed by atoms with Gasteiger partial charge in [-0.25, -0.2) is 0 Å². The van der Waals surface area contributed by atoms with Gasteiger partial charge in [0.1, 0.15) is 0 Å². The molecule has 4 nitrogen and oxygen atoms in total. The van der Waals surface area contributed by atoms with E-state index < -0.39 is 0 Å². The van der Waals surface area contributed by atoms with E-state index in [-0.39, 0.29) is 0 Å². The monoisotopic (exact) mass is 250 g/mol. The maximum atomic E-state index is 4.13. The fourth-order valence-corrected chi connectivity index (χ4v) is 1.80. The third-order valence-corrected chi connectivity index (χ3v) is 2.80. The second kappa shape index (κ2) is 9.03. The molecule has 0 atom stereocenters. The molecule has 0 spiro atoms. The van der Waals surface area contributed by atoms with Crippen molar-refractivity contribution >= 4 is 0 Å². The fourth-order valence-electron chi connectivity index (χ4n) is 1.80. The van der Waals surface area contributed by atoms with Crippen molar-refractivity contribution in [3.05, 3.63) is 30.1 Å². The number of pyridine rings is 1. The number of nitrogens with one attached hydrogen (secondary N) is 1. The van der Waals surface area contributed by atoms with E-state index in [9.17, 15) is 0 Å². The van der Waals surface area contributed by atoms with Crippen LogP contribution < -0.4 is 5.32 Å². The lowest BCUT2D eigenvalue weighted by Crippen LogP contribution is -2.30. The molecule has 1 N–H and O–H groups in total. The van der Waals surface area contributed by atoms with Gasteiger partial charge in [-0.1, -0.05) is 6.07 Å². The largest absolute Gasteiger partial charge is 0.315 e. The summed E-state index contributed by atoms with van der Waals surface area (Å²) in [4.78, 5) is 8.66. The van der Waals surface area contributed by atoms with Gasteiger partial charge < -0.3 is 15.1 Å². The van der Waals surface area contributed by atoms with E-state index in [0.29, 0.717) is 0 Å². The van der Waals surface area contributed by atoms with Gasteiger partial charge in [0.2, 0.25) is 0 Å². The molecule has 0 saturated heterocycles. The van der Waals surface area contributed by atoms with E-state index in [2.05, 4.69) is 47.3 Å². The molecule has 0 aliphatic heterocycles. The Morgan fingerprint density at radius 3 is 2.67 bits per heavy atom. The highest BCUT2D eigenvalue weighted by Gasteiger charge is 1.99. The Bertz CT molecular complexity index is 300. The van der Waals surface area contributed by atoms with Gasteiger partial charge in [0, 0.05) is 32.0 Å². The molecule has 0 saturated carbocycles. The molecule has 0 bridgehead atoms. The lowest BCUT2D eigenvalue weighted by atomic mass is 10.3. The van der Waals surface area contributed by atoms with Crippen LogP contribution >= 0.6 is 0 Å². The van der Waals surface area contributed by atoms with Crippen LogP contribution in [0.3, 0.4) is 0 Å². The van der Waals surface area contributed by atoms with E-state index in [0.717, 1.165) is 32.7 Å². The summed E-state index contributed by atoms with van der Waals surface area (Å²) < 4.78 is 0. The number of rotatable bonds is 9. The van der Waals surface area contributed by atoms with Crippen molar-refractivity contribution in [1.29, 1.82) is 0 Å². The second-order valence-corrected chi connectivity index (χ2v) is 5.01. The van der Waals surface area contributed by atoms with Gasteiger partial charge >= 0.3 is 0 Å². The average Bonchev–Trinajstić information content (AvgIpc) is 2.34. The summed E-state index contributed by atoms with van der Waals surface area (Å²) in [5.74, 6) is 0. The SMILES string of the molecule is CN(C)CCCNCCN(C)Cc1cccnc1. The average molecular weight is 250 g/mol. The summed E-state index contributed by atoms with van der Waals surface area (Å²) in [5, 5.41) is 3.47. The number of nitrogens with zero attached hydrogens (tertiary/aromatic N) is 3. The van der Waals surface area contributed by atoms with Crippen LogP contribution in [0.2, 0.25) is 0 Å². The molecule has 4 heteroatoms. The predicted octanol–water partition coefficient (Wildman–Crippen LogP) is 1.05. The highest BCUT2D eigenvalue weighted by Crippen LogP contribution is 1.99. The summed E-state index contributed by atoms with van der Waals surface area (Å²) in [6.45, 7) is 5.33. The summed E-state index contributed by atoms with van der Waals surface area (Å²) in [6, 6.07) is 4.11. The number of hydrogen-bond donors (Lipinski definition) is 1. The maximum Gasteiger partial charge on any atom is 0.0312 e. The van der Waals surface area contributed by atoms with Crippen molar-refractivity contribution in [2.75, 3.05) is 47.3 Å². The Kier molecular flexibility index (Phi) is 7.57. The zero-order valence-electron chi connectivity index (χ0n) is 11.9. The topological polar surface area (TPSA) is 31.4 Å². The minimum absolute atomic E-state index is 0.965. The molecule has 1 heterocycles. The molecule has 0 aromatic carbocycles. The Balaban J connectivity index is 2.02. The van der Waals surface area contributed by atoms with Crippen LogP contribution in [0.25, 0.3) is 0 Å². The quantitative estimate of drug-likeness (QED) is 0.664. The van der Waals surface area contributed by atoms with Gasteiger partial charge in [0.25, 0.3) is 0 Å². The first-order valence-corrected chi connectivity index (χ1v) is 6.61. The molecule has 102 valence electrons.